The third kappa shape index (κ3) is 3.83. The first-order valence-corrected chi connectivity index (χ1v) is 8.83. The fourth-order valence-electron chi connectivity index (χ4n) is 3.98. The van der Waals surface area contributed by atoms with Crippen molar-refractivity contribution in [3.8, 4) is 0 Å². The van der Waals surface area contributed by atoms with Gasteiger partial charge in [0.15, 0.2) is 0 Å². The SMILES string of the molecule is CN(C)C(=O)c1cn[nH]c1C1CCCCN1CC1CC(C(F)(F)F)C1. The highest BCUT2D eigenvalue weighted by molar-refractivity contribution is 5.94. The van der Waals surface area contributed by atoms with Gasteiger partial charge in [-0.05, 0) is 38.1 Å². The van der Waals surface area contributed by atoms with Crippen molar-refractivity contribution in [2.24, 2.45) is 11.8 Å². The van der Waals surface area contributed by atoms with Gasteiger partial charge in [0, 0.05) is 20.6 Å². The number of H-pyrrole nitrogens is 1. The molecule has 1 atom stereocenters. The van der Waals surface area contributed by atoms with Crippen molar-refractivity contribution < 1.29 is 18.0 Å². The average Bonchev–Trinajstić information content (AvgIpc) is 2.97. The number of amides is 1. The smallest absolute Gasteiger partial charge is 0.345 e. The number of hydrogen-bond donors (Lipinski definition) is 1. The maximum Gasteiger partial charge on any atom is 0.391 e. The Morgan fingerprint density at radius 1 is 1.36 bits per heavy atom. The number of rotatable bonds is 4. The van der Waals surface area contributed by atoms with Crippen LogP contribution < -0.4 is 0 Å². The van der Waals surface area contributed by atoms with Crippen molar-refractivity contribution in [2.75, 3.05) is 27.2 Å². The van der Waals surface area contributed by atoms with Crippen LogP contribution >= 0.6 is 0 Å². The summed E-state index contributed by atoms with van der Waals surface area (Å²) in [5.41, 5.74) is 1.36. The van der Waals surface area contributed by atoms with Gasteiger partial charge in [0.1, 0.15) is 0 Å². The lowest BCUT2D eigenvalue weighted by Gasteiger charge is -2.43. The van der Waals surface area contributed by atoms with Crippen LogP contribution in [0.4, 0.5) is 13.2 Å². The van der Waals surface area contributed by atoms with Gasteiger partial charge >= 0.3 is 6.18 Å². The van der Waals surface area contributed by atoms with Crippen LogP contribution in [0.5, 0.6) is 0 Å². The molecule has 1 N–H and O–H groups in total. The van der Waals surface area contributed by atoms with E-state index in [4.69, 9.17) is 0 Å². The molecular weight excluding hydrogens is 333 g/mol. The molecule has 3 rings (SSSR count). The largest absolute Gasteiger partial charge is 0.391 e. The Balaban J connectivity index is 1.69. The number of nitrogens with zero attached hydrogens (tertiary/aromatic N) is 3. The molecule has 1 saturated heterocycles. The summed E-state index contributed by atoms with van der Waals surface area (Å²) in [5.74, 6) is -1.16. The van der Waals surface area contributed by atoms with Crippen molar-refractivity contribution in [3.05, 3.63) is 17.5 Å². The molecule has 1 aromatic rings. The number of hydrogen-bond acceptors (Lipinski definition) is 3. The maximum atomic E-state index is 12.7. The minimum atomic E-state index is -4.06. The third-order valence-corrected chi connectivity index (χ3v) is 5.44. The number of likely N-dealkylation sites (tertiary alicyclic amines) is 1. The second-order valence-electron chi connectivity index (χ2n) is 7.48. The van der Waals surface area contributed by atoms with E-state index in [1.807, 2.05) is 0 Å². The second-order valence-corrected chi connectivity index (χ2v) is 7.48. The zero-order valence-electron chi connectivity index (χ0n) is 14.6. The number of nitrogens with one attached hydrogen (secondary N) is 1. The van der Waals surface area contributed by atoms with E-state index in [9.17, 15) is 18.0 Å². The lowest BCUT2D eigenvalue weighted by Crippen LogP contribution is -2.44. The predicted molar refractivity (Wildman–Crippen MR) is 87.0 cm³/mol. The minimum Gasteiger partial charge on any atom is -0.345 e. The Bertz CT molecular complexity index is 607. The van der Waals surface area contributed by atoms with Gasteiger partial charge in [0.05, 0.1) is 29.4 Å². The van der Waals surface area contributed by atoms with Crippen LogP contribution in [0.2, 0.25) is 0 Å². The van der Waals surface area contributed by atoms with Gasteiger partial charge in [-0.2, -0.15) is 18.3 Å². The topological polar surface area (TPSA) is 52.2 Å². The zero-order valence-corrected chi connectivity index (χ0v) is 14.6. The first kappa shape index (κ1) is 18.2. The fourth-order valence-corrected chi connectivity index (χ4v) is 3.98. The summed E-state index contributed by atoms with van der Waals surface area (Å²) in [5, 5.41) is 7.01. The molecule has 0 radical (unpaired) electrons. The second kappa shape index (κ2) is 6.97. The third-order valence-electron chi connectivity index (χ3n) is 5.44. The summed E-state index contributed by atoms with van der Waals surface area (Å²) in [7, 11) is 3.40. The molecule has 0 aromatic carbocycles. The van der Waals surface area contributed by atoms with Crippen molar-refractivity contribution in [1.82, 2.24) is 20.0 Å². The first-order valence-electron chi connectivity index (χ1n) is 8.83. The summed E-state index contributed by atoms with van der Waals surface area (Å²) in [6, 6.07) is 0.0279. The highest BCUT2D eigenvalue weighted by Crippen LogP contribution is 2.46. The normalized spacial score (nSPS) is 27.8. The van der Waals surface area contributed by atoms with Crippen LogP contribution in [0, 0.1) is 11.8 Å². The molecule has 25 heavy (non-hydrogen) atoms. The van der Waals surface area contributed by atoms with E-state index in [1.54, 1.807) is 20.3 Å². The standard InChI is InChI=1S/C17H25F3N4O/c1-23(2)16(25)13-9-21-22-15(13)14-5-3-4-6-24(14)10-11-7-12(8-11)17(18,19)20/h9,11-12,14H,3-8,10H2,1-2H3,(H,21,22). The minimum absolute atomic E-state index is 0.0279. The molecule has 1 aromatic heterocycles. The number of halogens is 3. The first-order chi connectivity index (χ1) is 11.8. The Morgan fingerprint density at radius 2 is 2.08 bits per heavy atom. The van der Waals surface area contributed by atoms with Crippen LogP contribution in [-0.4, -0.2) is 59.3 Å². The maximum absolute atomic E-state index is 12.7. The van der Waals surface area contributed by atoms with E-state index in [0.717, 1.165) is 31.5 Å². The predicted octanol–water partition coefficient (Wildman–Crippen LogP) is 3.23. The molecule has 5 nitrogen and oxygen atoms in total. The molecule has 140 valence electrons. The van der Waals surface area contributed by atoms with E-state index >= 15 is 0 Å². The zero-order chi connectivity index (χ0) is 18.2. The quantitative estimate of drug-likeness (QED) is 0.899. The average molecular weight is 358 g/mol. The van der Waals surface area contributed by atoms with Gasteiger partial charge in [-0.15, -0.1) is 0 Å². The van der Waals surface area contributed by atoms with Crippen molar-refractivity contribution in [2.45, 2.75) is 44.3 Å². The highest BCUT2D eigenvalue weighted by atomic mass is 19.4. The molecule has 0 bridgehead atoms. The molecular formula is C17H25F3N4O. The van der Waals surface area contributed by atoms with Crippen LogP contribution in [-0.2, 0) is 0 Å². The van der Waals surface area contributed by atoms with Gasteiger partial charge in [-0.25, -0.2) is 0 Å². The van der Waals surface area contributed by atoms with Gasteiger partial charge in [0.2, 0.25) is 0 Å². The molecule has 1 aliphatic carbocycles. The van der Waals surface area contributed by atoms with E-state index < -0.39 is 12.1 Å². The van der Waals surface area contributed by atoms with Crippen LogP contribution in [0.1, 0.15) is 54.2 Å². The molecule has 1 aliphatic heterocycles. The van der Waals surface area contributed by atoms with Gasteiger partial charge in [-0.1, -0.05) is 6.42 Å². The Kier molecular flexibility index (Phi) is 5.09. The number of alkyl halides is 3. The Hall–Kier alpha value is -1.57. The van der Waals surface area contributed by atoms with Crippen molar-refractivity contribution in [3.63, 3.8) is 0 Å². The monoisotopic (exact) mass is 358 g/mol. The summed E-state index contributed by atoms with van der Waals surface area (Å²) in [6.45, 7) is 1.51. The van der Waals surface area contributed by atoms with Crippen LogP contribution in [0.15, 0.2) is 6.20 Å². The lowest BCUT2D eigenvalue weighted by molar-refractivity contribution is -0.206. The van der Waals surface area contributed by atoms with E-state index in [1.165, 1.54) is 4.90 Å². The molecule has 2 fully saturated rings. The Morgan fingerprint density at radius 3 is 2.72 bits per heavy atom. The van der Waals surface area contributed by atoms with Crippen molar-refractivity contribution in [1.29, 1.82) is 0 Å². The molecule has 8 heteroatoms. The van der Waals surface area contributed by atoms with Crippen LogP contribution in [0.25, 0.3) is 0 Å². The molecule has 2 heterocycles. The number of carbonyl (C=O) groups is 1. The number of piperidine rings is 1. The molecule has 1 unspecified atom stereocenters. The molecule has 1 saturated carbocycles. The molecule has 1 amide bonds. The molecule has 0 spiro atoms. The van der Waals surface area contributed by atoms with E-state index in [-0.39, 0.29) is 30.7 Å². The summed E-state index contributed by atoms with van der Waals surface area (Å²) < 4.78 is 38.1. The summed E-state index contributed by atoms with van der Waals surface area (Å²) in [4.78, 5) is 16.1. The fraction of sp³-hybridized carbons (Fsp3) is 0.765. The number of carbonyl (C=O) groups excluding carboxylic acids is 1. The van der Waals surface area contributed by atoms with Crippen LogP contribution in [0.3, 0.4) is 0 Å². The lowest BCUT2D eigenvalue weighted by atomic mass is 9.74. The van der Waals surface area contributed by atoms with Gasteiger partial charge < -0.3 is 4.90 Å². The number of aromatic nitrogens is 2. The highest BCUT2D eigenvalue weighted by Gasteiger charge is 2.48. The number of aromatic amines is 1. The van der Waals surface area contributed by atoms with E-state index in [2.05, 4.69) is 15.1 Å². The molecule has 2 aliphatic rings. The van der Waals surface area contributed by atoms with Gasteiger partial charge in [-0.3, -0.25) is 14.8 Å². The van der Waals surface area contributed by atoms with E-state index in [0.29, 0.717) is 12.1 Å². The Labute approximate surface area is 145 Å². The summed E-state index contributed by atoms with van der Waals surface area (Å²) in [6.07, 6.45) is 0.909. The summed E-state index contributed by atoms with van der Waals surface area (Å²) >= 11 is 0. The van der Waals surface area contributed by atoms with Crippen molar-refractivity contribution >= 4 is 5.91 Å². The van der Waals surface area contributed by atoms with Gasteiger partial charge in [0.25, 0.3) is 5.91 Å².